The molecule has 0 bridgehead atoms. The molecule has 0 spiro atoms. The van der Waals surface area contributed by atoms with Crippen molar-refractivity contribution in [2.45, 2.75) is 44.8 Å². The summed E-state index contributed by atoms with van der Waals surface area (Å²) in [5.74, 6) is 0. The van der Waals surface area contributed by atoms with Gasteiger partial charge in [0, 0.05) is 6.54 Å². The topological polar surface area (TPSA) is 15.6 Å². The van der Waals surface area contributed by atoms with Crippen LogP contribution in [0.3, 0.4) is 0 Å². The van der Waals surface area contributed by atoms with Gasteiger partial charge >= 0.3 is 0 Å². The van der Waals surface area contributed by atoms with E-state index in [0.29, 0.717) is 6.04 Å². The van der Waals surface area contributed by atoms with Crippen molar-refractivity contribution >= 4 is 5.71 Å². The van der Waals surface area contributed by atoms with Gasteiger partial charge in [0.25, 0.3) is 0 Å². The SMILES string of the molecule is CC(N=C1C2CCN2C1(C)C)c1ccccc1. The number of fused-ring (bicyclic) bond motifs is 1. The fourth-order valence-electron chi connectivity index (χ4n) is 3.09. The van der Waals surface area contributed by atoms with Crippen molar-refractivity contribution < 1.29 is 0 Å². The molecule has 2 nitrogen and oxygen atoms in total. The van der Waals surface area contributed by atoms with Gasteiger partial charge in [-0.15, -0.1) is 0 Å². The highest BCUT2D eigenvalue weighted by Gasteiger charge is 2.56. The van der Waals surface area contributed by atoms with Crippen molar-refractivity contribution in [1.82, 2.24) is 4.90 Å². The number of hydrogen-bond donors (Lipinski definition) is 0. The molecule has 2 aliphatic heterocycles. The Balaban J connectivity index is 1.83. The predicted octanol–water partition coefficient (Wildman–Crippen LogP) is 3.06. The van der Waals surface area contributed by atoms with Gasteiger partial charge < -0.3 is 0 Å². The van der Waals surface area contributed by atoms with Crippen LogP contribution >= 0.6 is 0 Å². The van der Waals surface area contributed by atoms with Gasteiger partial charge in [-0.2, -0.15) is 0 Å². The summed E-state index contributed by atoms with van der Waals surface area (Å²) in [4.78, 5) is 7.51. The van der Waals surface area contributed by atoms with Crippen LogP contribution in [0.4, 0.5) is 0 Å². The van der Waals surface area contributed by atoms with Crippen LogP contribution in [0, 0.1) is 0 Å². The summed E-state index contributed by atoms with van der Waals surface area (Å²) in [6.07, 6.45) is 1.30. The maximum absolute atomic E-state index is 4.96. The van der Waals surface area contributed by atoms with Crippen molar-refractivity contribution in [2.24, 2.45) is 4.99 Å². The summed E-state index contributed by atoms with van der Waals surface area (Å²) in [6, 6.07) is 11.5. The van der Waals surface area contributed by atoms with Crippen molar-refractivity contribution in [1.29, 1.82) is 0 Å². The summed E-state index contributed by atoms with van der Waals surface area (Å²) in [6.45, 7) is 8.02. The molecule has 2 fully saturated rings. The number of rotatable bonds is 2. The highest BCUT2D eigenvalue weighted by Crippen LogP contribution is 2.43. The lowest BCUT2D eigenvalue weighted by atomic mass is 9.71. The second-order valence-corrected chi connectivity index (χ2v) is 5.66. The van der Waals surface area contributed by atoms with Crippen LogP contribution in [0.2, 0.25) is 0 Å². The Hall–Kier alpha value is -1.15. The van der Waals surface area contributed by atoms with Gasteiger partial charge in [0.2, 0.25) is 0 Å². The summed E-state index contributed by atoms with van der Waals surface area (Å²) in [7, 11) is 0. The molecule has 0 amide bonds. The van der Waals surface area contributed by atoms with E-state index in [1.54, 1.807) is 0 Å². The van der Waals surface area contributed by atoms with Gasteiger partial charge in [0.05, 0.1) is 23.3 Å². The highest BCUT2D eigenvalue weighted by molar-refractivity contribution is 6.04. The smallest absolute Gasteiger partial charge is 0.0721 e. The van der Waals surface area contributed by atoms with E-state index in [2.05, 4.69) is 56.0 Å². The molecule has 2 unspecified atom stereocenters. The highest BCUT2D eigenvalue weighted by atomic mass is 15.4. The molecular weight excluding hydrogens is 208 g/mol. The second-order valence-electron chi connectivity index (χ2n) is 5.66. The minimum absolute atomic E-state index is 0.200. The Kier molecular flexibility index (Phi) is 2.37. The largest absolute Gasteiger partial charge is 0.284 e. The third-order valence-electron chi connectivity index (χ3n) is 4.29. The van der Waals surface area contributed by atoms with Gasteiger partial charge in [-0.05, 0) is 32.8 Å². The van der Waals surface area contributed by atoms with Gasteiger partial charge in [0.15, 0.2) is 0 Å². The van der Waals surface area contributed by atoms with Crippen LogP contribution in [0.1, 0.15) is 38.8 Å². The van der Waals surface area contributed by atoms with Crippen LogP contribution in [0.25, 0.3) is 0 Å². The number of nitrogens with zero attached hydrogens (tertiary/aromatic N) is 2. The Morgan fingerprint density at radius 2 is 2.00 bits per heavy atom. The molecule has 2 heteroatoms. The maximum atomic E-state index is 4.96. The second kappa shape index (κ2) is 3.67. The third kappa shape index (κ3) is 1.54. The first-order valence-corrected chi connectivity index (χ1v) is 6.50. The zero-order chi connectivity index (χ0) is 12.0. The molecule has 0 aliphatic carbocycles. The van der Waals surface area contributed by atoms with Gasteiger partial charge in [-0.1, -0.05) is 30.3 Å². The van der Waals surface area contributed by atoms with Crippen LogP contribution in [-0.4, -0.2) is 28.7 Å². The van der Waals surface area contributed by atoms with E-state index in [1.165, 1.54) is 24.2 Å². The number of piperidine rings is 1. The molecule has 2 saturated heterocycles. The molecule has 0 radical (unpaired) electrons. The average molecular weight is 228 g/mol. The molecule has 0 saturated carbocycles. The van der Waals surface area contributed by atoms with Crippen LogP contribution < -0.4 is 0 Å². The Morgan fingerprint density at radius 1 is 1.29 bits per heavy atom. The fourth-order valence-corrected chi connectivity index (χ4v) is 3.09. The normalized spacial score (nSPS) is 30.3. The predicted molar refractivity (Wildman–Crippen MR) is 71.5 cm³/mol. The van der Waals surface area contributed by atoms with E-state index in [4.69, 9.17) is 4.99 Å². The van der Waals surface area contributed by atoms with Crippen molar-refractivity contribution in [3.05, 3.63) is 35.9 Å². The Bertz CT molecular complexity index is 447. The molecule has 2 heterocycles. The average Bonchev–Trinajstić information content (AvgIpc) is 2.27. The number of aliphatic imine (C=N–C) groups is 1. The van der Waals surface area contributed by atoms with Crippen molar-refractivity contribution in [2.75, 3.05) is 6.54 Å². The van der Waals surface area contributed by atoms with Crippen LogP contribution in [0.15, 0.2) is 35.3 Å². The zero-order valence-corrected chi connectivity index (χ0v) is 10.9. The Morgan fingerprint density at radius 3 is 2.53 bits per heavy atom. The minimum Gasteiger partial charge on any atom is -0.284 e. The van der Waals surface area contributed by atoms with E-state index >= 15 is 0 Å². The third-order valence-corrected chi connectivity index (χ3v) is 4.29. The molecule has 2 atom stereocenters. The first kappa shape index (κ1) is 11.0. The van der Waals surface area contributed by atoms with Crippen LogP contribution in [-0.2, 0) is 0 Å². The molecule has 17 heavy (non-hydrogen) atoms. The summed E-state index contributed by atoms with van der Waals surface area (Å²) in [5.41, 5.74) is 2.92. The monoisotopic (exact) mass is 228 g/mol. The Labute approximate surface area is 103 Å². The van der Waals surface area contributed by atoms with Gasteiger partial charge in [-0.25, -0.2) is 0 Å². The summed E-state index contributed by atoms with van der Waals surface area (Å²) >= 11 is 0. The standard InChI is InChI=1S/C15H20N2/c1-11(12-7-5-4-6-8-12)16-14-13-9-10-17(13)15(14,2)3/h4-8,11,13H,9-10H2,1-3H3. The number of hydrogen-bond acceptors (Lipinski definition) is 2. The van der Waals surface area contributed by atoms with Crippen LogP contribution in [0.5, 0.6) is 0 Å². The van der Waals surface area contributed by atoms with E-state index in [9.17, 15) is 0 Å². The lowest BCUT2D eigenvalue weighted by Crippen LogP contribution is -2.77. The maximum Gasteiger partial charge on any atom is 0.0721 e. The molecule has 90 valence electrons. The number of benzene rings is 1. The minimum atomic E-state index is 0.200. The van der Waals surface area contributed by atoms with E-state index in [0.717, 1.165) is 0 Å². The molecule has 1 aromatic rings. The fraction of sp³-hybridized carbons (Fsp3) is 0.533. The molecule has 3 rings (SSSR count). The van der Waals surface area contributed by atoms with Crippen molar-refractivity contribution in [3.63, 3.8) is 0 Å². The summed E-state index contributed by atoms with van der Waals surface area (Å²) < 4.78 is 0. The van der Waals surface area contributed by atoms with E-state index in [1.807, 2.05) is 0 Å². The van der Waals surface area contributed by atoms with Crippen molar-refractivity contribution in [3.8, 4) is 0 Å². The summed E-state index contributed by atoms with van der Waals surface area (Å²) in [5, 5.41) is 0. The molecule has 0 aromatic heterocycles. The molecular formula is C15H20N2. The van der Waals surface area contributed by atoms with E-state index < -0.39 is 0 Å². The quantitative estimate of drug-likeness (QED) is 0.759. The first-order chi connectivity index (χ1) is 8.10. The molecule has 0 N–H and O–H groups in total. The lowest BCUT2D eigenvalue weighted by Gasteiger charge is -2.63. The molecule has 2 aliphatic rings. The first-order valence-electron chi connectivity index (χ1n) is 6.50. The zero-order valence-electron chi connectivity index (χ0n) is 10.9. The molecule has 1 aromatic carbocycles. The van der Waals surface area contributed by atoms with Gasteiger partial charge in [-0.3, -0.25) is 9.89 Å². The lowest BCUT2D eigenvalue weighted by molar-refractivity contribution is 0.00504. The van der Waals surface area contributed by atoms with E-state index in [-0.39, 0.29) is 11.6 Å². The van der Waals surface area contributed by atoms with Gasteiger partial charge in [0.1, 0.15) is 0 Å².